The predicted octanol–water partition coefficient (Wildman–Crippen LogP) is 3.28. The number of aliphatic hydroxyl groups excluding tert-OH is 1. The first kappa shape index (κ1) is 30.8. The van der Waals surface area contributed by atoms with Crippen molar-refractivity contribution in [3.05, 3.63) is 49.6 Å². The van der Waals surface area contributed by atoms with Crippen LogP contribution in [0.3, 0.4) is 0 Å². The molecule has 9 heteroatoms. The highest BCUT2D eigenvalue weighted by atomic mass is 16.5. The molecule has 1 N–H and O–H groups in total. The third-order valence-electron chi connectivity index (χ3n) is 9.84. The monoisotopic (exact) mass is 567 g/mol. The molecule has 0 aromatic heterocycles. The summed E-state index contributed by atoms with van der Waals surface area (Å²) in [7, 11) is 3.27. The second kappa shape index (κ2) is 11.6. The third-order valence-corrected chi connectivity index (χ3v) is 9.84. The van der Waals surface area contributed by atoms with E-state index in [1.54, 1.807) is 65.3 Å². The summed E-state index contributed by atoms with van der Waals surface area (Å²) >= 11 is 0. The minimum absolute atomic E-state index is 0.0853. The molecule has 0 saturated carbocycles. The van der Waals surface area contributed by atoms with Crippen LogP contribution in [-0.2, 0) is 19.1 Å². The maximum absolute atomic E-state index is 14.8. The van der Waals surface area contributed by atoms with Crippen molar-refractivity contribution in [1.29, 1.82) is 0 Å². The number of amides is 3. The minimum Gasteiger partial charge on any atom is -0.497 e. The Hall–Kier alpha value is -3.17. The second-order valence-electron chi connectivity index (χ2n) is 12.0. The molecule has 9 nitrogen and oxygen atoms in total. The highest BCUT2D eigenvalue weighted by Crippen LogP contribution is 2.66. The molecule has 1 aromatic carbocycles. The lowest BCUT2D eigenvalue weighted by molar-refractivity contribution is -0.154. The van der Waals surface area contributed by atoms with Crippen LogP contribution in [0.2, 0.25) is 0 Å². The molecule has 2 bridgehead atoms. The fourth-order valence-corrected chi connectivity index (χ4v) is 7.39. The topological polar surface area (TPSA) is 99.6 Å². The van der Waals surface area contributed by atoms with Crippen LogP contribution >= 0.6 is 0 Å². The lowest BCUT2D eigenvalue weighted by Gasteiger charge is -2.41. The zero-order valence-electron chi connectivity index (χ0n) is 25.2. The number of anilines is 1. The third kappa shape index (κ3) is 4.67. The van der Waals surface area contributed by atoms with E-state index in [2.05, 4.69) is 13.2 Å². The van der Waals surface area contributed by atoms with Gasteiger partial charge in [0.1, 0.15) is 17.4 Å². The van der Waals surface area contributed by atoms with E-state index in [0.29, 0.717) is 30.8 Å². The molecule has 8 atom stereocenters. The second-order valence-corrected chi connectivity index (χ2v) is 12.0. The van der Waals surface area contributed by atoms with Crippen LogP contribution in [0.5, 0.6) is 5.75 Å². The molecule has 41 heavy (non-hydrogen) atoms. The molecule has 3 aliphatic rings. The molecule has 1 spiro atoms. The van der Waals surface area contributed by atoms with E-state index >= 15 is 0 Å². The highest BCUT2D eigenvalue weighted by molar-refractivity contribution is 6.05. The highest BCUT2D eigenvalue weighted by Gasteiger charge is 2.80. The molecule has 3 saturated heterocycles. The fourth-order valence-electron chi connectivity index (χ4n) is 7.39. The molecule has 1 aromatic rings. The molecule has 4 rings (SSSR count). The SMILES string of the molecule is C=CCN(C)C(=O)[C@@H]1[C@H]2C(=O)N([C@@H](CO)[C@@H](C)CC)C(C(=O)N(CC=C)c3ccc(OC)cc3)C23CC(C)[C@@]1(C)O3. The van der Waals surface area contributed by atoms with Gasteiger partial charge in [0.25, 0.3) is 5.91 Å². The number of hydrogen-bond donors (Lipinski definition) is 1. The number of carbonyl (C=O) groups excluding carboxylic acids is 3. The van der Waals surface area contributed by atoms with Crippen LogP contribution in [0.15, 0.2) is 49.6 Å². The number of methoxy groups -OCH3 is 1. The molecule has 0 radical (unpaired) electrons. The van der Waals surface area contributed by atoms with Crippen molar-refractivity contribution in [1.82, 2.24) is 9.80 Å². The van der Waals surface area contributed by atoms with E-state index in [9.17, 15) is 19.5 Å². The van der Waals surface area contributed by atoms with Crippen LogP contribution in [0, 0.1) is 23.7 Å². The number of likely N-dealkylation sites (tertiary alicyclic amines) is 1. The van der Waals surface area contributed by atoms with Gasteiger partial charge in [0.15, 0.2) is 0 Å². The Balaban J connectivity index is 1.89. The largest absolute Gasteiger partial charge is 0.497 e. The fraction of sp³-hybridized carbons (Fsp3) is 0.594. The number of aliphatic hydroxyl groups is 1. The van der Waals surface area contributed by atoms with Gasteiger partial charge in [-0.2, -0.15) is 0 Å². The number of fused-ring (bicyclic) bond motifs is 1. The normalized spacial score (nSPS) is 31.4. The predicted molar refractivity (Wildman–Crippen MR) is 157 cm³/mol. The molecule has 3 fully saturated rings. The molecule has 3 unspecified atom stereocenters. The van der Waals surface area contributed by atoms with E-state index in [1.165, 1.54) is 0 Å². The standard InChI is InChI=1S/C32H45N3O6/c1-9-16-33(7)28(37)25-26-29(38)35(24(19-36)20(4)11-3)27(32(26)18-21(5)31(25,6)41-32)30(39)34(17-10-2)22-12-14-23(40-8)15-13-22/h9-10,12-15,20-21,24-27,36H,1-2,11,16-19H2,3-8H3/t20-,21?,24-,25-,26-,27?,31+,32?/m0/s1. The summed E-state index contributed by atoms with van der Waals surface area (Å²) in [5.41, 5.74) is -1.52. The van der Waals surface area contributed by atoms with Gasteiger partial charge in [-0.3, -0.25) is 14.4 Å². The Morgan fingerprint density at radius 2 is 1.85 bits per heavy atom. The number of carbonyl (C=O) groups is 3. The van der Waals surface area contributed by atoms with Gasteiger partial charge in [0.05, 0.1) is 37.2 Å². The van der Waals surface area contributed by atoms with Crippen LogP contribution in [0.1, 0.15) is 40.5 Å². The number of nitrogens with zero attached hydrogens (tertiary/aromatic N) is 3. The zero-order chi connectivity index (χ0) is 30.3. The molecule has 0 aliphatic carbocycles. The van der Waals surface area contributed by atoms with Gasteiger partial charge in [-0.05, 0) is 49.4 Å². The minimum atomic E-state index is -1.22. The van der Waals surface area contributed by atoms with Gasteiger partial charge in [-0.1, -0.05) is 39.3 Å². The van der Waals surface area contributed by atoms with Crippen molar-refractivity contribution >= 4 is 23.4 Å². The Morgan fingerprint density at radius 1 is 1.22 bits per heavy atom. The summed E-state index contributed by atoms with van der Waals surface area (Å²) in [6.07, 6.45) is 4.44. The summed E-state index contributed by atoms with van der Waals surface area (Å²) in [6.45, 7) is 15.7. The Labute approximate surface area is 243 Å². The van der Waals surface area contributed by atoms with Crippen molar-refractivity contribution < 1.29 is 29.0 Å². The quantitative estimate of drug-likeness (QED) is 0.389. The van der Waals surface area contributed by atoms with Crippen molar-refractivity contribution in [3.63, 3.8) is 0 Å². The van der Waals surface area contributed by atoms with Crippen LogP contribution < -0.4 is 9.64 Å². The number of rotatable bonds is 12. The molecular formula is C32H45N3O6. The summed E-state index contributed by atoms with van der Waals surface area (Å²) in [6, 6.07) is 5.50. The van der Waals surface area contributed by atoms with E-state index in [1.807, 2.05) is 27.7 Å². The first-order valence-corrected chi connectivity index (χ1v) is 14.5. The number of likely N-dealkylation sites (N-methyl/N-ethyl adjacent to an activating group) is 1. The van der Waals surface area contributed by atoms with Crippen LogP contribution in [0.4, 0.5) is 5.69 Å². The number of ether oxygens (including phenoxy) is 2. The van der Waals surface area contributed by atoms with Crippen molar-refractivity contribution in [2.75, 3.05) is 38.8 Å². The molecular weight excluding hydrogens is 522 g/mol. The van der Waals surface area contributed by atoms with Gasteiger partial charge >= 0.3 is 0 Å². The lowest BCUT2D eigenvalue weighted by atomic mass is 9.62. The van der Waals surface area contributed by atoms with E-state index in [-0.39, 0.29) is 42.7 Å². The van der Waals surface area contributed by atoms with Crippen LogP contribution in [0.25, 0.3) is 0 Å². The summed E-state index contributed by atoms with van der Waals surface area (Å²) < 4.78 is 12.2. The molecule has 224 valence electrons. The average molecular weight is 568 g/mol. The van der Waals surface area contributed by atoms with E-state index in [0.717, 1.165) is 0 Å². The lowest BCUT2D eigenvalue weighted by Crippen LogP contribution is -2.60. The van der Waals surface area contributed by atoms with Gasteiger partial charge in [-0.25, -0.2) is 0 Å². The Bertz CT molecular complexity index is 1190. The maximum Gasteiger partial charge on any atom is 0.253 e. The maximum atomic E-state index is 14.8. The van der Waals surface area contributed by atoms with Gasteiger partial charge in [0.2, 0.25) is 11.8 Å². The summed E-state index contributed by atoms with van der Waals surface area (Å²) in [4.78, 5) is 48.1. The summed E-state index contributed by atoms with van der Waals surface area (Å²) in [5, 5.41) is 10.6. The Morgan fingerprint density at radius 3 is 2.39 bits per heavy atom. The van der Waals surface area contributed by atoms with Gasteiger partial charge in [0, 0.05) is 25.8 Å². The number of hydrogen-bond acceptors (Lipinski definition) is 6. The number of benzene rings is 1. The van der Waals surface area contributed by atoms with Gasteiger partial charge in [-0.15, -0.1) is 13.2 Å². The van der Waals surface area contributed by atoms with E-state index in [4.69, 9.17) is 9.47 Å². The smallest absolute Gasteiger partial charge is 0.253 e. The first-order chi connectivity index (χ1) is 19.5. The zero-order valence-corrected chi connectivity index (χ0v) is 25.2. The van der Waals surface area contributed by atoms with Crippen molar-refractivity contribution in [2.24, 2.45) is 23.7 Å². The van der Waals surface area contributed by atoms with Crippen molar-refractivity contribution in [2.45, 2.75) is 63.8 Å². The van der Waals surface area contributed by atoms with E-state index < -0.39 is 35.1 Å². The summed E-state index contributed by atoms with van der Waals surface area (Å²) in [5.74, 6) is -1.98. The van der Waals surface area contributed by atoms with Crippen LogP contribution in [-0.4, -0.2) is 89.8 Å². The van der Waals surface area contributed by atoms with Gasteiger partial charge < -0.3 is 29.3 Å². The van der Waals surface area contributed by atoms with Crippen molar-refractivity contribution in [3.8, 4) is 5.75 Å². The molecule has 3 aliphatic heterocycles. The first-order valence-electron chi connectivity index (χ1n) is 14.5. The average Bonchev–Trinajstić information content (AvgIpc) is 3.48. The molecule has 3 heterocycles. The molecule has 3 amide bonds. The Kier molecular flexibility index (Phi) is 8.71.